The molecule has 1 amide bonds. The lowest BCUT2D eigenvalue weighted by molar-refractivity contribution is -0.133. The van der Waals surface area contributed by atoms with Crippen LogP contribution in [0.15, 0.2) is 18.2 Å². The summed E-state index contributed by atoms with van der Waals surface area (Å²) >= 11 is 0. The van der Waals surface area contributed by atoms with Gasteiger partial charge in [-0.05, 0) is 68.3 Å². The van der Waals surface area contributed by atoms with Crippen LogP contribution in [0.2, 0.25) is 0 Å². The smallest absolute Gasteiger partial charge is 0.249 e. The van der Waals surface area contributed by atoms with Crippen LogP contribution >= 0.6 is 0 Å². The first-order valence-corrected chi connectivity index (χ1v) is 9.64. The fourth-order valence-corrected chi connectivity index (χ4v) is 3.90. The van der Waals surface area contributed by atoms with Gasteiger partial charge in [-0.25, -0.2) is 0 Å². The average Bonchev–Trinajstić information content (AvgIpc) is 3.33. The van der Waals surface area contributed by atoms with Crippen molar-refractivity contribution in [3.63, 3.8) is 0 Å². The van der Waals surface area contributed by atoms with Crippen LogP contribution in [0.3, 0.4) is 0 Å². The summed E-state index contributed by atoms with van der Waals surface area (Å²) < 4.78 is 5.56. The maximum absolute atomic E-state index is 12.0. The molecule has 1 aromatic rings. The molecule has 4 rings (SSSR count). The van der Waals surface area contributed by atoms with E-state index in [2.05, 4.69) is 28.4 Å². The Hall–Kier alpha value is -1.59. The zero-order chi connectivity index (χ0) is 17.2. The number of carbonyl (C=O) groups excluding carboxylic acids is 1. The van der Waals surface area contributed by atoms with Gasteiger partial charge in [0.1, 0.15) is 11.9 Å². The van der Waals surface area contributed by atoms with E-state index in [9.17, 15) is 9.90 Å². The third-order valence-electron chi connectivity index (χ3n) is 5.74. The molecule has 0 aromatic heterocycles. The predicted octanol–water partition coefficient (Wildman–Crippen LogP) is 1.52. The SMILES string of the molecule is O=C(NC1CC1)[C@H](O)C1CCN(CCc2ccc3c(c2)CCO3)CC1. The zero-order valence-electron chi connectivity index (χ0n) is 14.7. The molecule has 25 heavy (non-hydrogen) atoms. The Balaban J connectivity index is 1.21. The summed E-state index contributed by atoms with van der Waals surface area (Å²) in [4.78, 5) is 14.4. The summed E-state index contributed by atoms with van der Waals surface area (Å²) in [6.45, 7) is 3.78. The number of benzene rings is 1. The summed E-state index contributed by atoms with van der Waals surface area (Å²) in [6.07, 6.45) is 5.16. The Morgan fingerprint density at radius 3 is 2.84 bits per heavy atom. The fourth-order valence-electron chi connectivity index (χ4n) is 3.90. The van der Waals surface area contributed by atoms with E-state index in [1.807, 2.05) is 0 Å². The number of fused-ring (bicyclic) bond motifs is 1. The van der Waals surface area contributed by atoms with Gasteiger partial charge in [0, 0.05) is 19.0 Å². The monoisotopic (exact) mass is 344 g/mol. The van der Waals surface area contributed by atoms with Crippen LogP contribution in [0.1, 0.15) is 36.8 Å². The maximum Gasteiger partial charge on any atom is 0.249 e. The van der Waals surface area contributed by atoms with Crippen molar-refractivity contribution < 1.29 is 14.6 Å². The number of carbonyl (C=O) groups is 1. The van der Waals surface area contributed by atoms with E-state index in [4.69, 9.17) is 4.74 Å². The molecule has 0 spiro atoms. The Kier molecular flexibility index (Phi) is 4.95. The fraction of sp³-hybridized carbons (Fsp3) is 0.650. The highest BCUT2D eigenvalue weighted by Gasteiger charge is 2.32. The Bertz CT molecular complexity index is 621. The number of nitrogens with one attached hydrogen (secondary N) is 1. The van der Waals surface area contributed by atoms with E-state index in [-0.39, 0.29) is 11.8 Å². The molecule has 1 saturated carbocycles. The predicted molar refractivity (Wildman–Crippen MR) is 95.7 cm³/mol. The van der Waals surface area contributed by atoms with Gasteiger partial charge in [0.25, 0.3) is 0 Å². The van der Waals surface area contributed by atoms with Crippen molar-refractivity contribution in [1.29, 1.82) is 0 Å². The number of piperidine rings is 1. The molecule has 3 aliphatic rings. The summed E-state index contributed by atoms with van der Waals surface area (Å²) in [7, 11) is 0. The molecule has 0 unspecified atom stereocenters. The second-order valence-corrected chi connectivity index (χ2v) is 7.70. The molecule has 2 fully saturated rings. The lowest BCUT2D eigenvalue weighted by Gasteiger charge is -2.33. The second-order valence-electron chi connectivity index (χ2n) is 7.70. The first-order chi connectivity index (χ1) is 12.2. The van der Waals surface area contributed by atoms with Gasteiger partial charge in [-0.1, -0.05) is 12.1 Å². The average molecular weight is 344 g/mol. The van der Waals surface area contributed by atoms with Crippen molar-refractivity contribution in [1.82, 2.24) is 10.2 Å². The largest absolute Gasteiger partial charge is 0.493 e. The number of hydrogen-bond acceptors (Lipinski definition) is 4. The first-order valence-electron chi connectivity index (χ1n) is 9.64. The molecule has 5 nitrogen and oxygen atoms in total. The van der Waals surface area contributed by atoms with Gasteiger partial charge in [-0.2, -0.15) is 0 Å². The van der Waals surface area contributed by atoms with Crippen LogP contribution in [0.4, 0.5) is 0 Å². The van der Waals surface area contributed by atoms with E-state index >= 15 is 0 Å². The van der Waals surface area contributed by atoms with Gasteiger partial charge in [-0.3, -0.25) is 4.79 Å². The van der Waals surface area contributed by atoms with Crippen LogP contribution in [-0.4, -0.2) is 54.3 Å². The summed E-state index contributed by atoms with van der Waals surface area (Å²) in [5.74, 6) is 0.983. The number of rotatable bonds is 6. The van der Waals surface area contributed by atoms with Crippen LogP contribution in [0.5, 0.6) is 5.75 Å². The Morgan fingerprint density at radius 1 is 1.28 bits per heavy atom. The molecule has 1 atom stereocenters. The minimum atomic E-state index is -0.834. The number of aliphatic hydroxyl groups excluding tert-OH is 1. The molecule has 136 valence electrons. The van der Waals surface area contributed by atoms with Crippen molar-refractivity contribution in [3.8, 4) is 5.75 Å². The first kappa shape index (κ1) is 16.9. The third kappa shape index (κ3) is 4.15. The second kappa shape index (κ2) is 7.34. The van der Waals surface area contributed by atoms with E-state index in [1.165, 1.54) is 11.1 Å². The molecular weight excluding hydrogens is 316 g/mol. The molecule has 0 radical (unpaired) electrons. The number of aliphatic hydroxyl groups is 1. The van der Waals surface area contributed by atoms with Crippen molar-refractivity contribution in [2.75, 3.05) is 26.2 Å². The van der Waals surface area contributed by atoms with Gasteiger partial charge < -0.3 is 20.1 Å². The third-order valence-corrected chi connectivity index (χ3v) is 5.74. The van der Waals surface area contributed by atoms with Gasteiger partial charge in [0.2, 0.25) is 5.91 Å². The number of ether oxygens (including phenoxy) is 1. The zero-order valence-corrected chi connectivity index (χ0v) is 14.7. The molecule has 0 bridgehead atoms. The molecule has 1 saturated heterocycles. The molecular formula is C20H28N2O3. The molecule has 2 N–H and O–H groups in total. The quantitative estimate of drug-likeness (QED) is 0.821. The molecule has 2 heterocycles. The molecule has 1 aromatic carbocycles. The van der Waals surface area contributed by atoms with E-state index in [1.54, 1.807) is 0 Å². The summed E-state index contributed by atoms with van der Waals surface area (Å²) in [5.41, 5.74) is 2.70. The highest BCUT2D eigenvalue weighted by Crippen LogP contribution is 2.27. The van der Waals surface area contributed by atoms with Crippen LogP contribution in [-0.2, 0) is 17.6 Å². The summed E-state index contributed by atoms with van der Waals surface area (Å²) in [5, 5.41) is 13.2. The van der Waals surface area contributed by atoms with Gasteiger partial charge in [-0.15, -0.1) is 0 Å². The standard InChI is InChI=1S/C20H28N2O3/c23-19(20(24)21-17-2-3-17)15-6-10-22(11-7-15)9-5-14-1-4-18-16(13-14)8-12-25-18/h1,4,13,15,17,19,23H,2-3,5-12H2,(H,21,24)/t19-/m1/s1. The lowest BCUT2D eigenvalue weighted by Crippen LogP contribution is -2.45. The Morgan fingerprint density at radius 2 is 2.08 bits per heavy atom. The number of likely N-dealkylation sites (tertiary alicyclic amines) is 1. The molecule has 2 aliphatic heterocycles. The minimum absolute atomic E-state index is 0.104. The minimum Gasteiger partial charge on any atom is -0.493 e. The normalized spacial score (nSPS) is 22.3. The lowest BCUT2D eigenvalue weighted by atomic mass is 9.90. The number of nitrogens with zero attached hydrogens (tertiary/aromatic N) is 1. The van der Waals surface area contributed by atoms with Gasteiger partial charge in [0.05, 0.1) is 6.61 Å². The van der Waals surface area contributed by atoms with Crippen LogP contribution < -0.4 is 10.1 Å². The highest BCUT2D eigenvalue weighted by molar-refractivity contribution is 5.81. The maximum atomic E-state index is 12.0. The van der Waals surface area contributed by atoms with Crippen molar-refractivity contribution >= 4 is 5.91 Å². The van der Waals surface area contributed by atoms with Crippen molar-refractivity contribution in [2.24, 2.45) is 5.92 Å². The summed E-state index contributed by atoms with van der Waals surface area (Å²) in [6, 6.07) is 6.86. The Labute approximate surface area is 149 Å². The molecule has 1 aliphatic carbocycles. The van der Waals surface area contributed by atoms with Crippen LogP contribution in [0.25, 0.3) is 0 Å². The number of amides is 1. The van der Waals surface area contributed by atoms with Crippen LogP contribution in [0, 0.1) is 5.92 Å². The van der Waals surface area contributed by atoms with Crippen molar-refractivity contribution in [2.45, 2.75) is 50.7 Å². The van der Waals surface area contributed by atoms with E-state index < -0.39 is 6.10 Å². The van der Waals surface area contributed by atoms with Gasteiger partial charge >= 0.3 is 0 Å². The molecule has 5 heteroatoms. The topological polar surface area (TPSA) is 61.8 Å². The van der Waals surface area contributed by atoms with E-state index in [0.717, 1.165) is 70.5 Å². The van der Waals surface area contributed by atoms with Gasteiger partial charge in [0.15, 0.2) is 0 Å². The van der Waals surface area contributed by atoms with E-state index in [0.29, 0.717) is 6.04 Å². The number of hydrogen-bond donors (Lipinski definition) is 2. The highest BCUT2D eigenvalue weighted by atomic mass is 16.5. The van der Waals surface area contributed by atoms with Crippen molar-refractivity contribution in [3.05, 3.63) is 29.3 Å².